The lowest BCUT2D eigenvalue weighted by molar-refractivity contribution is 0.247. The molecule has 0 heterocycles. The van der Waals surface area contributed by atoms with Gasteiger partial charge in [0, 0.05) is 19.3 Å². The Kier molecular flexibility index (Phi) is 4.77. The lowest BCUT2D eigenvalue weighted by Gasteiger charge is -2.18. The molecular formula is C16H17FN2O2. The summed E-state index contributed by atoms with van der Waals surface area (Å²) >= 11 is 0. The summed E-state index contributed by atoms with van der Waals surface area (Å²) in [5, 5.41) is 11.9. The van der Waals surface area contributed by atoms with Gasteiger partial charge in [-0.3, -0.25) is 4.90 Å². The first-order valence-corrected chi connectivity index (χ1v) is 6.62. The number of phenolic OH excluding ortho intramolecular Hbond substituents is 1. The van der Waals surface area contributed by atoms with Gasteiger partial charge in [-0.2, -0.15) is 0 Å². The molecule has 2 aromatic carbocycles. The second-order valence-electron chi connectivity index (χ2n) is 4.65. The third-order valence-corrected chi connectivity index (χ3v) is 3.17. The van der Waals surface area contributed by atoms with Crippen molar-refractivity contribution < 1.29 is 14.3 Å². The van der Waals surface area contributed by atoms with Gasteiger partial charge in [-0.15, -0.1) is 0 Å². The van der Waals surface area contributed by atoms with E-state index in [2.05, 4.69) is 5.32 Å². The van der Waals surface area contributed by atoms with Crippen LogP contribution in [-0.2, 0) is 6.42 Å². The lowest BCUT2D eigenvalue weighted by atomic mass is 10.1. The van der Waals surface area contributed by atoms with Crippen LogP contribution in [0.1, 0.15) is 5.56 Å². The van der Waals surface area contributed by atoms with Crippen LogP contribution in [0.15, 0.2) is 48.5 Å². The molecule has 21 heavy (non-hydrogen) atoms. The maximum Gasteiger partial charge on any atom is 0.321 e. The third-order valence-electron chi connectivity index (χ3n) is 3.17. The van der Waals surface area contributed by atoms with E-state index in [4.69, 9.17) is 0 Å². The van der Waals surface area contributed by atoms with Crippen molar-refractivity contribution in [3.8, 4) is 5.75 Å². The van der Waals surface area contributed by atoms with E-state index in [1.807, 2.05) is 0 Å². The van der Waals surface area contributed by atoms with E-state index in [0.717, 1.165) is 0 Å². The SMILES string of the molecule is CN(C(=O)NCCc1ccccc1F)c1ccc(O)cc1. The molecule has 2 rings (SSSR count). The van der Waals surface area contributed by atoms with Crippen LogP contribution >= 0.6 is 0 Å². The van der Waals surface area contributed by atoms with E-state index in [1.165, 1.54) is 23.1 Å². The minimum atomic E-state index is -0.281. The number of hydrogen-bond acceptors (Lipinski definition) is 2. The van der Waals surface area contributed by atoms with E-state index >= 15 is 0 Å². The number of hydrogen-bond donors (Lipinski definition) is 2. The fourth-order valence-electron chi connectivity index (χ4n) is 1.92. The molecule has 0 radical (unpaired) electrons. The van der Waals surface area contributed by atoms with E-state index in [9.17, 15) is 14.3 Å². The van der Waals surface area contributed by atoms with Crippen LogP contribution in [0.5, 0.6) is 5.75 Å². The van der Waals surface area contributed by atoms with Crippen molar-refractivity contribution in [2.75, 3.05) is 18.5 Å². The molecular weight excluding hydrogens is 271 g/mol. The van der Waals surface area contributed by atoms with Crippen molar-refractivity contribution in [1.29, 1.82) is 0 Å². The molecule has 0 unspecified atom stereocenters. The number of halogens is 1. The number of urea groups is 1. The first kappa shape index (κ1) is 14.8. The summed E-state index contributed by atoms with van der Waals surface area (Å²) in [5.74, 6) is -0.120. The second-order valence-corrected chi connectivity index (χ2v) is 4.65. The summed E-state index contributed by atoms with van der Waals surface area (Å²) in [5.41, 5.74) is 1.24. The summed E-state index contributed by atoms with van der Waals surface area (Å²) in [6.45, 7) is 0.349. The minimum absolute atomic E-state index is 0.145. The van der Waals surface area contributed by atoms with Gasteiger partial charge < -0.3 is 10.4 Å². The molecule has 2 aromatic rings. The maximum atomic E-state index is 13.4. The Balaban J connectivity index is 1.87. The Morgan fingerprint density at radius 3 is 2.52 bits per heavy atom. The lowest BCUT2D eigenvalue weighted by Crippen LogP contribution is -2.38. The molecule has 0 aromatic heterocycles. The largest absolute Gasteiger partial charge is 0.508 e. The highest BCUT2D eigenvalue weighted by Crippen LogP contribution is 2.17. The van der Waals surface area contributed by atoms with E-state index in [0.29, 0.717) is 24.2 Å². The molecule has 2 N–H and O–H groups in total. The highest BCUT2D eigenvalue weighted by atomic mass is 19.1. The number of nitrogens with one attached hydrogen (secondary N) is 1. The summed E-state index contributed by atoms with van der Waals surface area (Å²) in [7, 11) is 1.63. The Hall–Kier alpha value is -2.56. The quantitative estimate of drug-likeness (QED) is 0.909. The predicted molar refractivity (Wildman–Crippen MR) is 80.0 cm³/mol. The predicted octanol–water partition coefficient (Wildman–Crippen LogP) is 2.92. The second kappa shape index (κ2) is 6.74. The number of carbonyl (C=O) groups is 1. The van der Waals surface area contributed by atoms with Gasteiger partial charge in [0.05, 0.1) is 0 Å². The number of rotatable bonds is 4. The number of anilines is 1. The summed E-state index contributed by atoms with van der Waals surface area (Å²) in [6, 6.07) is 12.5. The van der Waals surface area contributed by atoms with Crippen molar-refractivity contribution in [3.05, 3.63) is 59.9 Å². The molecule has 0 fully saturated rings. The fourth-order valence-corrected chi connectivity index (χ4v) is 1.92. The normalized spacial score (nSPS) is 10.2. The zero-order valence-electron chi connectivity index (χ0n) is 11.7. The fraction of sp³-hybridized carbons (Fsp3) is 0.188. The van der Waals surface area contributed by atoms with Crippen molar-refractivity contribution in [3.63, 3.8) is 0 Å². The van der Waals surface area contributed by atoms with Gasteiger partial charge in [-0.25, -0.2) is 9.18 Å². The third kappa shape index (κ3) is 3.95. The molecule has 0 aliphatic carbocycles. The number of aromatic hydroxyl groups is 1. The zero-order chi connectivity index (χ0) is 15.2. The van der Waals surface area contributed by atoms with Crippen LogP contribution in [0.4, 0.5) is 14.9 Å². The van der Waals surface area contributed by atoms with Gasteiger partial charge in [0.15, 0.2) is 0 Å². The van der Waals surface area contributed by atoms with Gasteiger partial charge in [0.2, 0.25) is 0 Å². The average molecular weight is 288 g/mol. The molecule has 0 bridgehead atoms. The highest BCUT2D eigenvalue weighted by Gasteiger charge is 2.10. The van der Waals surface area contributed by atoms with E-state index < -0.39 is 0 Å². The minimum Gasteiger partial charge on any atom is -0.508 e. The Morgan fingerprint density at radius 1 is 1.19 bits per heavy atom. The van der Waals surface area contributed by atoms with Crippen molar-refractivity contribution >= 4 is 11.7 Å². The van der Waals surface area contributed by atoms with Crippen molar-refractivity contribution in [2.24, 2.45) is 0 Å². The van der Waals surface area contributed by atoms with Crippen molar-refractivity contribution in [2.45, 2.75) is 6.42 Å². The van der Waals surface area contributed by atoms with Crippen LogP contribution in [-0.4, -0.2) is 24.7 Å². The van der Waals surface area contributed by atoms with Gasteiger partial charge in [-0.05, 0) is 42.3 Å². The van der Waals surface area contributed by atoms with Crippen LogP contribution in [0.2, 0.25) is 0 Å². The van der Waals surface area contributed by atoms with E-state index in [-0.39, 0.29) is 17.6 Å². The van der Waals surface area contributed by atoms with Crippen LogP contribution in [0.25, 0.3) is 0 Å². The summed E-state index contributed by atoms with van der Waals surface area (Å²) in [4.78, 5) is 13.4. The summed E-state index contributed by atoms with van der Waals surface area (Å²) in [6.07, 6.45) is 0.432. The molecule has 0 saturated carbocycles. The molecule has 0 spiro atoms. The van der Waals surface area contributed by atoms with Gasteiger partial charge in [-0.1, -0.05) is 18.2 Å². The molecule has 110 valence electrons. The molecule has 4 nitrogen and oxygen atoms in total. The Morgan fingerprint density at radius 2 is 1.86 bits per heavy atom. The first-order chi connectivity index (χ1) is 10.1. The van der Waals surface area contributed by atoms with E-state index in [1.54, 1.807) is 37.4 Å². The van der Waals surface area contributed by atoms with Crippen LogP contribution in [0.3, 0.4) is 0 Å². The molecule has 5 heteroatoms. The van der Waals surface area contributed by atoms with Crippen molar-refractivity contribution in [1.82, 2.24) is 5.32 Å². The van der Waals surface area contributed by atoms with Crippen LogP contribution < -0.4 is 10.2 Å². The first-order valence-electron chi connectivity index (χ1n) is 6.62. The molecule has 0 aliphatic heterocycles. The number of benzene rings is 2. The highest BCUT2D eigenvalue weighted by molar-refractivity contribution is 5.91. The maximum absolute atomic E-state index is 13.4. The standard InChI is InChI=1S/C16H17FN2O2/c1-19(13-6-8-14(20)9-7-13)16(21)18-11-10-12-4-2-3-5-15(12)17/h2-9,20H,10-11H2,1H3,(H,18,21). The Bertz CT molecular complexity index is 614. The number of carbonyl (C=O) groups excluding carboxylic acids is 1. The number of phenols is 1. The Labute approximate surface area is 122 Å². The number of amides is 2. The summed E-state index contributed by atoms with van der Waals surface area (Å²) < 4.78 is 13.4. The monoisotopic (exact) mass is 288 g/mol. The molecule has 0 aliphatic rings. The van der Waals surface area contributed by atoms with Gasteiger partial charge in [0.25, 0.3) is 0 Å². The smallest absolute Gasteiger partial charge is 0.321 e. The molecule has 2 amide bonds. The van der Waals surface area contributed by atoms with Gasteiger partial charge >= 0.3 is 6.03 Å². The number of nitrogens with zero attached hydrogens (tertiary/aromatic N) is 1. The molecule has 0 atom stereocenters. The molecule has 0 saturated heterocycles. The average Bonchev–Trinajstić information content (AvgIpc) is 2.49. The van der Waals surface area contributed by atoms with Crippen LogP contribution in [0, 0.1) is 5.82 Å². The van der Waals surface area contributed by atoms with Gasteiger partial charge in [0.1, 0.15) is 11.6 Å². The topological polar surface area (TPSA) is 52.6 Å². The zero-order valence-corrected chi connectivity index (χ0v) is 11.7.